The molecule has 4 unspecified atom stereocenters. The Morgan fingerprint density at radius 3 is 1.74 bits per heavy atom. The van der Waals surface area contributed by atoms with Crippen LogP contribution in [0.25, 0.3) is 0 Å². The monoisotopic (exact) mass is 391 g/mol. The lowest BCUT2D eigenvalue weighted by atomic mass is 10.1. The molecule has 0 aromatic carbocycles. The van der Waals surface area contributed by atoms with Crippen LogP contribution in [-0.4, -0.2) is 82.3 Å². The van der Waals surface area contributed by atoms with Crippen molar-refractivity contribution in [3.63, 3.8) is 0 Å². The van der Waals surface area contributed by atoms with Crippen molar-refractivity contribution in [2.45, 2.75) is 43.9 Å². The first kappa shape index (κ1) is 24.2. The number of primary amides is 1. The van der Waals surface area contributed by atoms with Crippen molar-refractivity contribution < 1.29 is 39.3 Å². The molecule has 0 saturated heterocycles. The van der Waals surface area contributed by atoms with E-state index in [0.717, 1.165) is 0 Å². The van der Waals surface area contributed by atoms with Gasteiger partial charge in [-0.1, -0.05) is 0 Å². The molecule has 154 valence electrons. The summed E-state index contributed by atoms with van der Waals surface area (Å²) in [4.78, 5) is 57.2. The molecule has 4 amide bonds. The van der Waals surface area contributed by atoms with Crippen LogP contribution in [0.2, 0.25) is 0 Å². The number of hydrogen-bond acceptors (Lipinski definition) is 8. The summed E-state index contributed by atoms with van der Waals surface area (Å²) in [5, 5.41) is 33.5. The predicted octanol–water partition coefficient (Wildman–Crippen LogP) is -4.88. The van der Waals surface area contributed by atoms with Gasteiger partial charge in [-0.25, -0.2) is 0 Å². The van der Waals surface area contributed by atoms with Gasteiger partial charge >= 0.3 is 5.97 Å². The first-order valence-electron chi connectivity index (χ1n) is 7.93. The molecule has 0 saturated carbocycles. The lowest BCUT2D eigenvalue weighted by Crippen LogP contribution is -2.58. The highest BCUT2D eigenvalue weighted by Gasteiger charge is 2.28. The average molecular weight is 391 g/mol. The summed E-state index contributed by atoms with van der Waals surface area (Å²) in [6, 6.07) is -5.42. The van der Waals surface area contributed by atoms with Gasteiger partial charge in [-0.2, -0.15) is 0 Å². The molecule has 10 N–H and O–H groups in total. The number of nitrogens with one attached hydrogen (secondary N) is 3. The molecule has 0 aliphatic rings. The topological polar surface area (TPSA) is 234 Å². The van der Waals surface area contributed by atoms with Gasteiger partial charge in [-0.3, -0.25) is 24.0 Å². The number of aliphatic hydroxyl groups is 2. The number of amides is 4. The molecule has 0 aliphatic carbocycles. The Hall–Kier alpha value is -2.77. The highest BCUT2D eigenvalue weighted by molar-refractivity contribution is 5.94. The van der Waals surface area contributed by atoms with E-state index in [1.165, 1.54) is 6.92 Å². The van der Waals surface area contributed by atoms with Gasteiger partial charge in [0.2, 0.25) is 23.6 Å². The number of carbonyl (C=O) groups excluding carboxylic acids is 4. The summed E-state index contributed by atoms with van der Waals surface area (Å²) in [6.45, 7) is -0.514. The summed E-state index contributed by atoms with van der Waals surface area (Å²) in [5.74, 6) is -4.80. The second-order valence-corrected chi connectivity index (χ2v) is 5.67. The number of carbonyl (C=O) groups is 5. The maximum absolute atomic E-state index is 12.1. The van der Waals surface area contributed by atoms with Crippen molar-refractivity contribution in [3.05, 3.63) is 0 Å². The molecular formula is C14H25N5O8. The third-order valence-electron chi connectivity index (χ3n) is 3.40. The third-order valence-corrected chi connectivity index (χ3v) is 3.40. The molecule has 0 aliphatic heterocycles. The smallest absolute Gasteiger partial charge is 0.325 e. The van der Waals surface area contributed by atoms with Crippen molar-refractivity contribution in [2.24, 2.45) is 11.5 Å². The number of rotatable bonds is 12. The zero-order valence-electron chi connectivity index (χ0n) is 14.7. The van der Waals surface area contributed by atoms with E-state index >= 15 is 0 Å². The molecule has 0 radical (unpaired) electrons. The Labute approximate surface area is 154 Å². The third kappa shape index (κ3) is 8.94. The molecule has 27 heavy (non-hydrogen) atoms. The Balaban J connectivity index is 4.80. The number of carboxylic acids is 1. The molecule has 0 fully saturated rings. The quantitative estimate of drug-likeness (QED) is 0.159. The standard InChI is InChI=1S/C14H25N5O8/c1-6(14(26)27)17-12(24)8(4-20)19-13(25)9(5-21)18-11(23)7(15)2-3-10(16)22/h6-9,20-21H,2-5,15H2,1H3,(H2,16,22)(H,17,24)(H,18,23)(H,19,25)(H,26,27). The molecular weight excluding hydrogens is 366 g/mol. The molecule has 0 aromatic heterocycles. The highest BCUT2D eigenvalue weighted by Crippen LogP contribution is 1.96. The van der Waals surface area contributed by atoms with Crippen molar-refractivity contribution >= 4 is 29.6 Å². The Morgan fingerprint density at radius 2 is 1.33 bits per heavy atom. The summed E-state index contributed by atoms with van der Waals surface area (Å²) in [7, 11) is 0. The van der Waals surface area contributed by atoms with E-state index in [2.05, 4.69) is 16.0 Å². The molecule has 0 aromatic rings. The fourth-order valence-corrected chi connectivity index (χ4v) is 1.74. The van der Waals surface area contributed by atoms with Crippen molar-refractivity contribution in [1.29, 1.82) is 0 Å². The molecule has 0 spiro atoms. The van der Waals surface area contributed by atoms with Gasteiger partial charge in [0.05, 0.1) is 19.3 Å². The van der Waals surface area contributed by atoms with Crippen LogP contribution < -0.4 is 27.4 Å². The number of aliphatic carboxylic acids is 1. The second kappa shape index (κ2) is 11.8. The van der Waals surface area contributed by atoms with Gasteiger partial charge in [0.1, 0.15) is 18.1 Å². The summed E-state index contributed by atoms with van der Waals surface area (Å²) in [6.07, 6.45) is -0.227. The van der Waals surface area contributed by atoms with Crippen LogP contribution in [0.5, 0.6) is 0 Å². The molecule has 13 heteroatoms. The van der Waals surface area contributed by atoms with Crippen molar-refractivity contribution in [1.82, 2.24) is 16.0 Å². The number of hydrogen-bond donors (Lipinski definition) is 8. The highest BCUT2D eigenvalue weighted by atomic mass is 16.4. The lowest BCUT2D eigenvalue weighted by molar-refractivity contribution is -0.142. The minimum atomic E-state index is -1.51. The lowest BCUT2D eigenvalue weighted by Gasteiger charge is -2.22. The molecule has 0 heterocycles. The minimum Gasteiger partial charge on any atom is -0.480 e. The maximum atomic E-state index is 12.1. The van der Waals surface area contributed by atoms with Crippen molar-refractivity contribution in [3.8, 4) is 0 Å². The first-order valence-corrected chi connectivity index (χ1v) is 7.93. The van der Waals surface area contributed by atoms with Gasteiger partial charge in [0.15, 0.2) is 0 Å². The zero-order chi connectivity index (χ0) is 21.1. The van der Waals surface area contributed by atoms with E-state index in [-0.39, 0.29) is 12.8 Å². The minimum absolute atomic E-state index is 0.0737. The maximum Gasteiger partial charge on any atom is 0.325 e. The van der Waals surface area contributed by atoms with Crippen LogP contribution in [0.3, 0.4) is 0 Å². The Kier molecular flexibility index (Phi) is 10.6. The molecule has 0 rings (SSSR count). The van der Waals surface area contributed by atoms with Gasteiger partial charge in [0, 0.05) is 6.42 Å². The number of carboxylic acid groups (broad SMARTS) is 1. The van der Waals surface area contributed by atoms with Gasteiger partial charge in [-0.15, -0.1) is 0 Å². The number of nitrogens with two attached hydrogens (primary N) is 2. The normalized spacial score (nSPS) is 15.0. The van der Waals surface area contributed by atoms with Crippen LogP contribution >= 0.6 is 0 Å². The van der Waals surface area contributed by atoms with Crippen molar-refractivity contribution in [2.75, 3.05) is 13.2 Å². The second-order valence-electron chi connectivity index (χ2n) is 5.67. The SMILES string of the molecule is CC(NC(=O)C(CO)NC(=O)C(CO)NC(=O)C(N)CCC(N)=O)C(=O)O. The molecule has 0 bridgehead atoms. The van der Waals surface area contributed by atoms with Gasteiger partial charge in [-0.05, 0) is 13.3 Å². The number of aliphatic hydroxyl groups excluding tert-OH is 2. The van der Waals surface area contributed by atoms with E-state index in [1.54, 1.807) is 0 Å². The van der Waals surface area contributed by atoms with E-state index in [1.807, 2.05) is 0 Å². The van der Waals surface area contributed by atoms with E-state index < -0.39 is 67.0 Å². The molecule has 13 nitrogen and oxygen atoms in total. The van der Waals surface area contributed by atoms with E-state index in [4.69, 9.17) is 16.6 Å². The predicted molar refractivity (Wildman–Crippen MR) is 89.7 cm³/mol. The summed E-state index contributed by atoms with van der Waals surface area (Å²) >= 11 is 0. The van der Waals surface area contributed by atoms with Crippen LogP contribution in [0.15, 0.2) is 0 Å². The Bertz CT molecular complexity index is 570. The first-order chi connectivity index (χ1) is 12.5. The van der Waals surface area contributed by atoms with Gasteiger partial charge < -0.3 is 42.7 Å². The zero-order valence-corrected chi connectivity index (χ0v) is 14.7. The largest absolute Gasteiger partial charge is 0.480 e. The van der Waals surface area contributed by atoms with Gasteiger partial charge in [0.25, 0.3) is 0 Å². The van der Waals surface area contributed by atoms with Crippen LogP contribution in [0, 0.1) is 0 Å². The van der Waals surface area contributed by atoms with E-state index in [0.29, 0.717) is 0 Å². The average Bonchev–Trinajstić information content (AvgIpc) is 2.60. The van der Waals surface area contributed by atoms with Crippen LogP contribution in [0.4, 0.5) is 0 Å². The van der Waals surface area contributed by atoms with Crippen LogP contribution in [-0.2, 0) is 24.0 Å². The fraction of sp³-hybridized carbons (Fsp3) is 0.643. The van der Waals surface area contributed by atoms with Crippen LogP contribution in [0.1, 0.15) is 19.8 Å². The Morgan fingerprint density at radius 1 is 0.889 bits per heavy atom. The fourth-order valence-electron chi connectivity index (χ4n) is 1.74. The molecule has 4 atom stereocenters. The van der Waals surface area contributed by atoms with E-state index in [9.17, 15) is 34.2 Å². The summed E-state index contributed by atoms with van der Waals surface area (Å²) < 4.78 is 0. The summed E-state index contributed by atoms with van der Waals surface area (Å²) in [5.41, 5.74) is 10.5.